The van der Waals surface area contributed by atoms with Crippen LogP contribution in [0.3, 0.4) is 0 Å². The van der Waals surface area contributed by atoms with Crippen LogP contribution in [0.15, 0.2) is 30.3 Å². The fraction of sp³-hybridized carbons (Fsp3) is 0.640. The van der Waals surface area contributed by atoms with Crippen molar-refractivity contribution < 1.29 is 14.4 Å². The van der Waals surface area contributed by atoms with Crippen LogP contribution in [0.25, 0.3) is 0 Å². The molecule has 3 amide bonds. The van der Waals surface area contributed by atoms with Gasteiger partial charge in [-0.05, 0) is 56.6 Å². The van der Waals surface area contributed by atoms with E-state index in [2.05, 4.69) is 33.4 Å². The highest BCUT2D eigenvalue weighted by molar-refractivity contribution is 5.93. The van der Waals surface area contributed by atoms with Crippen molar-refractivity contribution in [3.63, 3.8) is 0 Å². The van der Waals surface area contributed by atoms with Crippen LogP contribution in [0.4, 0.5) is 0 Å². The van der Waals surface area contributed by atoms with Crippen molar-refractivity contribution in [2.75, 3.05) is 13.6 Å². The zero-order valence-corrected chi connectivity index (χ0v) is 19.2. The second-order valence-electron chi connectivity index (χ2n) is 9.15. The van der Waals surface area contributed by atoms with Gasteiger partial charge in [-0.1, -0.05) is 56.0 Å². The molecule has 1 saturated carbocycles. The van der Waals surface area contributed by atoms with Crippen molar-refractivity contribution in [1.82, 2.24) is 21.3 Å². The first kappa shape index (κ1) is 24.2. The fourth-order valence-corrected chi connectivity index (χ4v) is 4.51. The molecule has 2 fully saturated rings. The molecule has 0 aromatic heterocycles. The van der Waals surface area contributed by atoms with Gasteiger partial charge < -0.3 is 21.3 Å². The van der Waals surface area contributed by atoms with Gasteiger partial charge in [-0.25, -0.2) is 0 Å². The first-order chi connectivity index (χ1) is 15.6. The second-order valence-corrected chi connectivity index (χ2v) is 9.15. The molecule has 7 heteroatoms. The molecule has 1 aromatic carbocycles. The van der Waals surface area contributed by atoms with E-state index in [0.717, 1.165) is 51.5 Å². The molecule has 7 nitrogen and oxygen atoms in total. The molecule has 0 unspecified atom stereocenters. The average Bonchev–Trinajstić information content (AvgIpc) is 2.80. The first-order valence-electron chi connectivity index (χ1n) is 12.2. The van der Waals surface area contributed by atoms with Gasteiger partial charge in [-0.2, -0.15) is 0 Å². The summed E-state index contributed by atoms with van der Waals surface area (Å²) in [5.74, 6) is -0.102. The summed E-state index contributed by atoms with van der Waals surface area (Å²) in [7, 11) is 1.58. The number of likely N-dealkylation sites (N-methyl/N-ethyl adjacent to an activating group) is 1. The van der Waals surface area contributed by atoms with Gasteiger partial charge in [-0.3, -0.25) is 14.4 Å². The van der Waals surface area contributed by atoms with Crippen molar-refractivity contribution in [2.24, 2.45) is 5.92 Å². The highest BCUT2D eigenvalue weighted by Gasteiger charge is 2.32. The smallest absolute Gasteiger partial charge is 0.243 e. The molecule has 0 spiro atoms. The number of rotatable bonds is 11. The zero-order valence-electron chi connectivity index (χ0n) is 19.2. The number of aryl methyl sites for hydroxylation is 1. The first-order valence-corrected chi connectivity index (χ1v) is 12.2. The molecular weight excluding hydrogens is 404 g/mol. The molecule has 1 aromatic rings. The highest BCUT2D eigenvalue weighted by Crippen LogP contribution is 2.30. The lowest BCUT2D eigenvalue weighted by Crippen LogP contribution is -2.57. The van der Waals surface area contributed by atoms with Crippen molar-refractivity contribution >= 4 is 17.7 Å². The number of hydrogen-bond donors (Lipinski definition) is 4. The van der Waals surface area contributed by atoms with Crippen molar-refractivity contribution in [2.45, 2.75) is 82.3 Å². The lowest BCUT2D eigenvalue weighted by Gasteiger charge is -2.32. The van der Waals surface area contributed by atoms with E-state index >= 15 is 0 Å². The normalized spacial score (nSPS) is 20.5. The van der Waals surface area contributed by atoms with Gasteiger partial charge in [0.2, 0.25) is 17.7 Å². The van der Waals surface area contributed by atoms with E-state index in [-0.39, 0.29) is 23.8 Å². The molecular formula is C25H38N4O3. The Labute approximate surface area is 191 Å². The standard InChI is InChI=1S/C25H38N4O3/c1-26-23(30)21(15-8-11-18-9-3-2-4-10-18)28-25(32)22(17-19-12-7-13-19)29-24(31)20-14-5-6-16-27-20/h2-4,9-10,19-22,27H,5-8,11-17H2,1H3,(H,26,30)(H,28,32)(H,29,31)/t20-,21+,22+/m0/s1. The Morgan fingerprint density at radius 3 is 2.38 bits per heavy atom. The number of benzene rings is 1. The van der Waals surface area contributed by atoms with E-state index in [1.54, 1.807) is 7.05 Å². The zero-order chi connectivity index (χ0) is 22.8. The molecule has 1 heterocycles. The Kier molecular flexibility index (Phi) is 9.53. The summed E-state index contributed by atoms with van der Waals surface area (Å²) in [6, 6.07) is 8.68. The summed E-state index contributed by atoms with van der Waals surface area (Å²) in [5.41, 5.74) is 1.21. The highest BCUT2D eigenvalue weighted by atomic mass is 16.2. The van der Waals surface area contributed by atoms with E-state index in [4.69, 9.17) is 0 Å². The Balaban J connectivity index is 1.58. The minimum absolute atomic E-state index is 0.107. The van der Waals surface area contributed by atoms with Crippen LogP contribution in [-0.2, 0) is 20.8 Å². The van der Waals surface area contributed by atoms with Gasteiger partial charge in [0.1, 0.15) is 12.1 Å². The Morgan fingerprint density at radius 2 is 1.75 bits per heavy atom. The third kappa shape index (κ3) is 7.33. The molecule has 0 radical (unpaired) electrons. The largest absolute Gasteiger partial charge is 0.357 e. The molecule has 3 atom stereocenters. The third-order valence-electron chi connectivity index (χ3n) is 6.73. The van der Waals surface area contributed by atoms with E-state index < -0.39 is 12.1 Å². The predicted molar refractivity (Wildman–Crippen MR) is 125 cm³/mol. The maximum absolute atomic E-state index is 13.2. The molecule has 1 saturated heterocycles. The van der Waals surface area contributed by atoms with Crippen molar-refractivity contribution in [1.29, 1.82) is 0 Å². The number of carbonyl (C=O) groups excluding carboxylic acids is 3. The van der Waals surface area contributed by atoms with Gasteiger partial charge in [0, 0.05) is 7.05 Å². The van der Waals surface area contributed by atoms with Gasteiger partial charge >= 0.3 is 0 Å². The third-order valence-corrected chi connectivity index (χ3v) is 6.73. The van der Waals surface area contributed by atoms with Crippen molar-refractivity contribution in [3.05, 3.63) is 35.9 Å². The monoisotopic (exact) mass is 442 g/mol. The van der Waals surface area contributed by atoms with Crippen LogP contribution in [-0.4, -0.2) is 49.4 Å². The molecule has 4 N–H and O–H groups in total. The molecule has 176 valence electrons. The minimum Gasteiger partial charge on any atom is -0.357 e. The number of hydrogen-bond acceptors (Lipinski definition) is 4. The van der Waals surface area contributed by atoms with Crippen LogP contribution >= 0.6 is 0 Å². The topological polar surface area (TPSA) is 99.3 Å². The van der Waals surface area contributed by atoms with E-state index in [0.29, 0.717) is 18.8 Å². The minimum atomic E-state index is -0.607. The summed E-state index contributed by atoms with van der Waals surface area (Å²) < 4.78 is 0. The number of piperidine rings is 1. The van der Waals surface area contributed by atoms with Crippen LogP contribution in [0.1, 0.15) is 63.4 Å². The molecule has 3 rings (SSSR count). The van der Waals surface area contributed by atoms with Gasteiger partial charge in [0.25, 0.3) is 0 Å². The van der Waals surface area contributed by atoms with Gasteiger partial charge in [0.15, 0.2) is 0 Å². The van der Waals surface area contributed by atoms with Crippen LogP contribution in [0.2, 0.25) is 0 Å². The summed E-state index contributed by atoms with van der Waals surface area (Å²) in [4.78, 5) is 38.4. The van der Waals surface area contributed by atoms with Gasteiger partial charge in [-0.15, -0.1) is 0 Å². The molecule has 1 aliphatic heterocycles. The predicted octanol–water partition coefficient (Wildman–Crippen LogP) is 2.06. The lowest BCUT2D eigenvalue weighted by atomic mass is 9.80. The fourth-order valence-electron chi connectivity index (χ4n) is 4.51. The molecule has 2 aliphatic rings. The Morgan fingerprint density at radius 1 is 0.969 bits per heavy atom. The molecule has 1 aliphatic carbocycles. The molecule has 0 bridgehead atoms. The maximum atomic E-state index is 13.2. The Bertz CT molecular complexity index is 745. The summed E-state index contributed by atoms with van der Waals surface area (Å²) in [6.07, 6.45) is 9.07. The number of nitrogens with one attached hydrogen (secondary N) is 4. The van der Waals surface area contributed by atoms with E-state index in [1.807, 2.05) is 18.2 Å². The van der Waals surface area contributed by atoms with E-state index in [9.17, 15) is 14.4 Å². The average molecular weight is 443 g/mol. The lowest BCUT2D eigenvalue weighted by molar-refractivity contribution is -0.133. The van der Waals surface area contributed by atoms with Crippen molar-refractivity contribution in [3.8, 4) is 0 Å². The quantitative estimate of drug-likeness (QED) is 0.422. The number of amides is 3. The van der Waals surface area contributed by atoms with Gasteiger partial charge in [0.05, 0.1) is 6.04 Å². The van der Waals surface area contributed by atoms with E-state index in [1.165, 1.54) is 12.0 Å². The van der Waals surface area contributed by atoms with Crippen LogP contribution < -0.4 is 21.3 Å². The second kappa shape index (κ2) is 12.6. The SMILES string of the molecule is CNC(=O)[C@@H](CCCc1ccccc1)NC(=O)[C@@H](CC1CCC1)NC(=O)[C@@H]1CCCCN1. The number of carbonyl (C=O) groups is 3. The van der Waals surface area contributed by atoms with Crippen LogP contribution in [0, 0.1) is 5.92 Å². The summed E-state index contributed by atoms with van der Waals surface area (Å²) >= 11 is 0. The molecule has 32 heavy (non-hydrogen) atoms. The maximum Gasteiger partial charge on any atom is 0.243 e. The summed E-state index contributed by atoms with van der Waals surface area (Å²) in [6.45, 7) is 0.831. The summed E-state index contributed by atoms with van der Waals surface area (Å²) in [5, 5.41) is 11.8. The Hall–Kier alpha value is -2.41. The van der Waals surface area contributed by atoms with Crippen LogP contribution in [0.5, 0.6) is 0 Å².